The molecule has 0 atom stereocenters. The molecule has 0 fully saturated rings. The van der Waals surface area contributed by atoms with E-state index in [1.165, 1.54) is 16.7 Å². The Kier molecular flexibility index (Phi) is 15.0. The third kappa shape index (κ3) is 13.7. The number of hydrogen-bond acceptors (Lipinski definition) is 3. The molecule has 3 heterocycles. The molecule has 0 aliphatic carbocycles. The second-order valence-corrected chi connectivity index (χ2v) is 21.8. The molecule has 0 unspecified atom stereocenters. The topological polar surface area (TPSA) is 38.7 Å². The van der Waals surface area contributed by atoms with E-state index in [2.05, 4.69) is 187 Å². The van der Waals surface area contributed by atoms with Crippen molar-refractivity contribution in [3.8, 4) is 78.3 Å². The van der Waals surface area contributed by atoms with E-state index in [1.54, 1.807) is 24.5 Å². The number of rotatable bonds is 15. The summed E-state index contributed by atoms with van der Waals surface area (Å²) in [7, 11) is 0. The Labute approximate surface area is 471 Å². The number of pyridine rings is 3. The van der Waals surface area contributed by atoms with Crippen LogP contribution in [0.2, 0.25) is 0 Å². The van der Waals surface area contributed by atoms with E-state index in [0.717, 1.165) is 104 Å². The van der Waals surface area contributed by atoms with Crippen molar-refractivity contribution in [1.82, 2.24) is 15.0 Å². The summed E-state index contributed by atoms with van der Waals surface area (Å²) in [6, 6.07) is 74.1. The Balaban J connectivity index is 0.00000774. The molecule has 10 rings (SSSR count). The third-order valence-corrected chi connectivity index (χ3v) is 13.3. The van der Waals surface area contributed by atoms with Gasteiger partial charge in [-0.1, -0.05) is 204 Å². The number of nitrogens with zero attached hydrogens (tertiary/aromatic N) is 3. The van der Waals surface area contributed by atoms with Gasteiger partial charge in [0.15, 0.2) is 0 Å². The average molecular weight is 1170 g/mol. The van der Waals surface area contributed by atoms with E-state index >= 15 is 0 Å². The maximum Gasteiger partial charge on any atom is 3.00 e. The predicted molar refractivity (Wildman–Crippen MR) is 313 cm³/mol. The van der Waals surface area contributed by atoms with E-state index in [4.69, 9.17) is 10.5 Å². The van der Waals surface area contributed by atoms with E-state index < -0.39 is 23.6 Å². The van der Waals surface area contributed by atoms with Gasteiger partial charge in [0.1, 0.15) is 0 Å². The summed E-state index contributed by atoms with van der Waals surface area (Å²) in [5, 5.41) is 0. The summed E-state index contributed by atoms with van der Waals surface area (Å²) in [4.78, 5) is 14.0. The molecule has 0 aliphatic heterocycles. The van der Waals surface area contributed by atoms with Gasteiger partial charge in [-0.25, -0.2) is 0 Å². The molecule has 3 aromatic heterocycles. The monoisotopic (exact) mass is 1170 g/mol. The standard InChI is InChI=1S/C72H66N3.Ir/c1-50-17-36-68(75-49-50)62-34-35-66(67(46-62)59-32-30-58(31-33-59)57-13-9-8-10-14-57)65-16-12-11-15-64(65)63-42-53(20-18-51-22-26-60(27-23-51)69-44-55(37-39-73-69)47-71(2,3)4)41-54(43-63)21-19-52-24-28-61(29-25-52)70-45-56(38-40-74-70)48-72(5,6)7;/h8-17,22-26,28,30-33,35-46,49H,18-21,47-48H2,1-7H3;/q-3;+3/i47D2,48D2;. The van der Waals surface area contributed by atoms with Gasteiger partial charge in [-0.05, 0) is 117 Å². The summed E-state index contributed by atoms with van der Waals surface area (Å²) in [5.74, 6) is 0. The molecule has 0 N–H and O–H groups in total. The Morgan fingerprint density at radius 3 is 1.42 bits per heavy atom. The number of aromatic nitrogens is 3. The van der Waals surface area contributed by atoms with Gasteiger partial charge < -0.3 is 15.0 Å². The van der Waals surface area contributed by atoms with Gasteiger partial charge in [0, 0.05) is 24.1 Å². The molecular weight excluding hydrogens is 1100 g/mol. The predicted octanol–water partition coefficient (Wildman–Crippen LogP) is 18.0. The first-order valence-electron chi connectivity index (χ1n) is 28.1. The minimum Gasteiger partial charge on any atom is -0.305 e. The number of benzene rings is 7. The van der Waals surface area contributed by atoms with Crippen LogP contribution in [-0.4, -0.2) is 15.0 Å². The molecule has 3 nitrogen and oxygen atoms in total. The smallest absolute Gasteiger partial charge is 0.305 e. The average Bonchev–Trinajstić information content (AvgIpc) is 3.46. The van der Waals surface area contributed by atoms with Crippen LogP contribution < -0.4 is 0 Å². The molecular formula is C72H66IrN3. The Morgan fingerprint density at radius 2 is 0.895 bits per heavy atom. The number of hydrogen-bond donors (Lipinski definition) is 0. The summed E-state index contributed by atoms with van der Waals surface area (Å²) in [5.41, 5.74) is 19.9. The Morgan fingerprint density at radius 1 is 0.382 bits per heavy atom. The second-order valence-electron chi connectivity index (χ2n) is 21.8. The van der Waals surface area contributed by atoms with Crippen LogP contribution in [0.1, 0.15) is 86.0 Å². The molecule has 0 bridgehead atoms. The summed E-state index contributed by atoms with van der Waals surface area (Å²) >= 11 is 0. The zero-order valence-corrected chi connectivity index (χ0v) is 47.0. The van der Waals surface area contributed by atoms with Crippen molar-refractivity contribution in [2.24, 2.45) is 10.8 Å². The molecule has 0 spiro atoms. The first-order chi connectivity index (χ1) is 37.8. The van der Waals surface area contributed by atoms with E-state index in [1.807, 2.05) is 65.9 Å². The van der Waals surface area contributed by atoms with Gasteiger partial charge in [-0.2, -0.15) is 0 Å². The van der Waals surface area contributed by atoms with Crippen molar-refractivity contribution in [1.29, 1.82) is 0 Å². The molecule has 0 saturated heterocycles. The Hall–Kier alpha value is -7.36. The van der Waals surface area contributed by atoms with Crippen molar-refractivity contribution < 1.29 is 25.6 Å². The molecule has 0 amide bonds. The van der Waals surface area contributed by atoms with Gasteiger partial charge in [0.2, 0.25) is 0 Å². The molecule has 378 valence electrons. The van der Waals surface area contributed by atoms with Crippen LogP contribution >= 0.6 is 0 Å². The summed E-state index contributed by atoms with van der Waals surface area (Å²) < 4.78 is 35.5. The van der Waals surface area contributed by atoms with Gasteiger partial charge in [0.25, 0.3) is 0 Å². The zero-order valence-electron chi connectivity index (χ0n) is 48.6. The maximum atomic E-state index is 8.86. The zero-order chi connectivity index (χ0) is 55.5. The van der Waals surface area contributed by atoms with Crippen LogP contribution in [0.25, 0.3) is 78.3 Å². The fourth-order valence-corrected chi connectivity index (χ4v) is 9.68. The number of aryl methyl sites for hydroxylation is 5. The van der Waals surface area contributed by atoms with Gasteiger partial charge in [-0.15, -0.1) is 94.5 Å². The fourth-order valence-electron chi connectivity index (χ4n) is 9.68. The van der Waals surface area contributed by atoms with Crippen LogP contribution in [0.15, 0.2) is 201 Å². The van der Waals surface area contributed by atoms with Crippen molar-refractivity contribution in [2.45, 2.75) is 86.9 Å². The van der Waals surface area contributed by atoms with Gasteiger partial charge in [0.05, 0.1) is 0 Å². The van der Waals surface area contributed by atoms with Gasteiger partial charge in [-0.3, -0.25) is 0 Å². The Bertz CT molecular complexity index is 3590. The molecule has 0 saturated carbocycles. The van der Waals surface area contributed by atoms with Crippen LogP contribution in [0.4, 0.5) is 0 Å². The minimum atomic E-state index is -1.53. The SMILES string of the molecule is [2H]C([2H])(c1ccnc(-c2[c-]cc(CCc3cc(CCc4c[c-]c(-c5cc(C([2H])([2H])C(C)(C)C)ccn5)cc4)cc(-c4ccccc4-c4c[c-]c(-c5ccc(C)cn5)cc4-c4ccc(-c5ccccc5)cc4)c3)cc2)c1)C(C)(C)C.[Ir+3]. The third-order valence-electron chi connectivity index (χ3n) is 13.3. The molecule has 7 aromatic carbocycles. The normalized spacial score (nSPS) is 12.7. The van der Waals surface area contributed by atoms with Crippen molar-refractivity contribution in [2.75, 3.05) is 0 Å². The van der Waals surface area contributed by atoms with Crippen LogP contribution in [-0.2, 0) is 58.5 Å². The van der Waals surface area contributed by atoms with Crippen molar-refractivity contribution in [3.63, 3.8) is 0 Å². The summed E-state index contributed by atoms with van der Waals surface area (Å²) in [6.07, 6.45) is 5.47. The molecule has 76 heavy (non-hydrogen) atoms. The fraction of sp³-hybridized carbons (Fsp3) is 0.208. The van der Waals surface area contributed by atoms with E-state index in [9.17, 15) is 0 Å². The maximum absolute atomic E-state index is 8.86. The van der Waals surface area contributed by atoms with E-state index in [0.29, 0.717) is 22.5 Å². The van der Waals surface area contributed by atoms with E-state index in [-0.39, 0.29) is 20.1 Å². The largest absolute Gasteiger partial charge is 3.00 e. The second kappa shape index (κ2) is 23.7. The molecule has 0 aliphatic rings. The summed E-state index contributed by atoms with van der Waals surface area (Å²) in [6.45, 7) is 13.6. The van der Waals surface area contributed by atoms with Crippen LogP contribution in [0.3, 0.4) is 0 Å². The first kappa shape index (κ1) is 48.3. The molecule has 10 aromatic rings. The van der Waals surface area contributed by atoms with Crippen LogP contribution in [0, 0.1) is 36.0 Å². The van der Waals surface area contributed by atoms with Crippen LogP contribution in [0.5, 0.6) is 0 Å². The van der Waals surface area contributed by atoms with Crippen molar-refractivity contribution >= 4 is 0 Å². The first-order valence-corrected chi connectivity index (χ1v) is 26.1. The van der Waals surface area contributed by atoms with Gasteiger partial charge >= 0.3 is 20.1 Å². The van der Waals surface area contributed by atoms with Crippen molar-refractivity contribution in [3.05, 3.63) is 258 Å². The molecule has 0 radical (unpaired) electrons. The molecule has 4 heteroatoms. The quantitative estimate of drug-likeness (QED) is 0.0960. The minimum absolute atomic E-state index is 0.